The fraction of sp³-hybridized carbons (Fsp3) is 0.818. The van der Waals surface area contributed by atoms with Gasteiger partial charge in [-0.15, -0.1) is 12.4 Å². The van der Waals surface area contributed by atoms with Crippen molar-refractivity contribution in [2.24, 2.45) is 0 Å². The Labute approximate surface area is 109 Å². The van der Waals surface area contributed by atoms with Crippen molar-refractivity contribution in [3.8, 4) is 0 Å². The number of halogens is 1. The molecule has 0 spiro atoms. The number of rotatable bonds is 9. The normalized spacial score (nSPS) is 9.29. The predicted octanol–water partition coefficient (Wildman–Crippen LogP) is 0.867. The molecule has 2 N–H and O–H groups in total. The highest BCUT2D eigenvalue weighted by atomic mass is 35.5. The molecule has 1 amide bonds. The Morgan fingerprint density at radius 2 is 1.76 bits per heavy atom. The summed E-state index contributed by atoms with van der Waals surface area (Å²) in [5, 5.41) is 5.74. The van der Waals surface area contributed by atoms with Gasteiger partial charge in [-0.3, -0.25) is 9.59 Å². The molecule has 0 aliphatic heterocycles. The van der Waals surface area contributed by atoms with Gasteiger partial charge < -0.3 is 15.4 Å². The fourth-order valence-corrected chi connectivity index (χ4v) is 1.21. The molecule has 0 saturated heterocycles. The molecule has 0 aromatic rings. The second-order valence-electron chi connectivity index (χ2n) is 3.47. The maximum Gasteiger partial charge on any atom is 0.305 e. The molecular weight excluding hydrogens is 244 g/mol. The van der Waals surface area contributed by atoms with Gasteiger partial charge >= 0.3 is 5.97 Å². The third-order valence-corrected chi connectivity index (χ3v) is 2.02. The number of ether oxygens (including phenoxy) is 1. The first-order valence-corrected chi connectivity index (χ1v) is 5.77. The molecule has 0 saturated carbocycles. The molecule has 17 heavy (non-hydrogen) atoms. The second-order valence-corrected chi connectivity index (χ2v) is 3.47. The van der Waals surface area contributed by atoms with Crippen molar-refractivity contribution >= 4 is 24.3 Å². The van der Waals surface area contributed by atoms with E-state index >= 15 is 0 Å². The lowest BCUT2D eigenvalue weighted by atomic mass is 10.2. The topological polar surface area (TPSA) is 67.4 Å². The van der Waals surface area contributed by atoms with Crippen LogP contribution in [-0.4, -0.2) is 38.6 Å². The number of carbonyl (C=O) groups excluding carboxylic acids is 2. The van der Waals surface area contributed by atoms with E-state index in [1.54, 1.807) is 6.92 Å². The Balaban J connectivity index is 0. The van der Waals surface area contributed by atoms with Crippen LogP contribution in [0.1, 0.15) is 32.6 Å². The lowest BCUT2D eigenvalue weighted by Gasteiger charge is -2.05. The third-order valence-electron chi connectivity index (χ3n) is 2.02. The molecule has 0 fully saturated rings. The maximum absolute atomic E-state index is 11.2. The number of nitrogens with one attached hydrogen (secondary N) is 2. The van der Waals surface area contributed by atoms with Gasteiger partial charge in [0.2, 0.25) is 5.91 Å². The van der Waals surface area contributed by atoms with Gasteiger partial charge in [-0.25, -0.2) is 0 Å². The van der Waals surface area contributed by atoms with Crippen LogP contribution in [0.15, 0.2) is 0 Å². The van der Waals surface area contributed by atoms with Crippen LogP contribution >= 0.6 is 12.4 Å². The smallest absolute Gasteiger partial charge is 0.305 e. The van der Waals surface area contributed by atoms with Crippen LogP contribution in [-0.2, 0) is 14.3 Å². The summed E-state index contributed by atoms with van der Waals surface area (Å²) >= 11 is 0. The van der Waals surface area contributed by atoms with Gasteiger partial charge in [0.05, 0.1) is 6.61 Å². The van der Waals surface area contributed by atoms with E-state index in [-0.39, 0.29) is 24.3 Å². The molecule has 0 unspecified atom stereocenters. The van der Waals surface area contributed by atoms with Crippen molar-refractivity contribution in [3.63, 3.8) is 0 Å². The van der Waals surface area contributed by atoms with Gasteiger partial charge in [-0.1, -0.05) is 0 Å². The van der Waals surface area contributed by atoms with Crippen LogP contribution in [0, 0.1) is 0 Å². The molecule has 6 heteroatoms. The standard InChI is InChI=1S/C11H22N2O3.ClH/c1-3-16-11(15)7-5-9-13-10(14)6-4-8-12-2;/h12H,3-9H2,1-2H3,(H,13,14);1H. The molecule has 102 valence electrons. The predicted molar refractivity (Wildman–Crippen MR) is 69.3 cm³/mol. The zero-order valence-electron chi connectivity index (χ0n) is 10.6. The van der Waals surface area contributed by atoms with E-state index in [4.69, 9.17) is 4.74 Å². The summed E-state index contributed by atoms with van der Waals surface area (Å²) in [4.78, 5) is 22.2. The summed E-state index contributed by atoms with van der Waals surface area (Å²) in [5.74, 6) is -0.161. The van der Waals surface area contributed by atoms with Gasteiger partial charge in [-0.2, -0.15) is 0 Å². The quantitative estimate of drug-likeness (QED) is 0.480. The maximum atomic E-state index is 11.2. The fourth-order valence-electron chi connectivity index (χ4n) is 1.21. The van der Waals surface area contributed by atoms with Crippen LogP contribution in [0.2, 0.25) is 0 Å². The summed E-state index contributed by atoms with van der Waals surface area (Å²) < 4.78 is 4.77. The molecule has 0 rings (SSSR count). The Kier molecular flexibility index (Phi) is 14.5. The summed E-state index contributed by atoms with van der Waals surface area (Å²) in [7, 11) is 1.86. The Hall–Kier alpha value is -0.810. The van der Waals surface area contributed by atoms with E-state index in [2.05, 4.69) is 10.6 Å². The zero-order chi connectivity index (χ0) is 12.2. The molecular formula is C11H23ClN2O3. The van der Waals surface area contributed by atoms with E-state index in [0.717, 1.165) is 13.0 Å². The van der Waals surface area contributed by atoms with Crippen LogP contribution in [0.5, 0.6) is 0 Å². The lowest BCUT2D eigenvalue weighted by molar-refractivity contribution is -0.143. The summed E-state index contributed by atoms with van der Waals surface area (Å²) in [5.41, 5.74) is 0. The Morgan fingerprint density at radius 1 is 1.12 bits per heavy atom. The minimum absolute atomic E-state index is 0. The van der Waals surface area contributed by atoms with Crippen LogP contribution in [0.3, 0.4) is 0 Å². The first-order valence-electron chi connectivity index (χ1n) is 5.77. The molecule has 0 bridgehead atoms. The molecule has 5 nitrogen and oxygen atoms in total. The van der Waals surface area contributed by atoms with Crippen molar-refractivity contribution in [2.75, 3.05) is 26.7 Å². The third kappa shape index (κ3) is 13.1. The molecule has 0 heterocycles. The summed E-state index contributed by atoms with van der Waals surface area (Å²) in [6.45, 7) is 3.57. The number of amides is 1. The minimum atomic E-state index is -0.202. The van der Waals surface area contributed by atoms with Crippen LogP contribution in [0.25, 0.3) is 0 Å². The Morgan fingerprint density at radius 3 is 2.35 bits per heavy atom. The lowest BCUT2D eigenvalue weighted by Crippen LogP contribution is -2.25. The summed E-state index contributed by atoms with van der Waals surface area (Å²) in [6.07, 6.45) is 2.36. The van der Waals surface area contributed by atoms with Crippen LogP contribution < -0.4 is 10.6 Å². The summed E-state index contributed by atoms with van der Waals surface area (Å²) in [6, 6.07) is 0. The van der Waals surface area contributed by atoms with Crippen LogP contribution in [0.4, 0.5) is 0 Å². The molecule has 0 aromatic carbocycles. The number of hydrogen-bond donors (Lipinski definition) is 2. The van der Waals surface area contributed by atoms with Crippen molar-refractivity contribution in [1.29, 1.82) is 0 Å². The van der Waals surface area contributed by atoms with E-state index in [1.165, 1.54) is 0 Å². The van der Waals surface area contributed by atoms with E-state index in [9.17, 15) is 9.59 Å². The van der Waals surface area contributed by atoms with E-state index in [0.29, 0.717) is 32.4 Å². The average Bonchev–Trinajstić information content (AvgIpc) is 2.25. The highest BCUT2D eigenvalue weighted by Gasteiger charge is 2.03. The van der Waals surface area contributed by atoms with E-state index in [1.807, 2.05) is 7.05 Å². The van der Waals surface area contributed by atoms with Crippen molar-refractivity contribution in [3.05, 3.63) is 0 Å². The largest absolute Gasteiger partial charge is 0.466 e. The zero-order valence-corrected chi connectivity index (χ0v) is 11.4. The highest BCUT2D eigenvalue weighted by Crippen LogP contribution is 1.92. The Bertz CT molecular complexity index is 213. The number of esters is 1. The number of hydrogen-bond acceptors (Lipinski definition) is 4. The van der Waals surface area contributed by atoms with Crippen molar-refractivity contribution in [1.82, 2.24) is 10.6 Å². The van der Waals surface area contributed by atoms with Gasteiger partial charge in [0.15, 0.2) is 0 Å². The van der Waals surface area contributed by atoms with Gasteiger partial charge in [-0.05, 0) is 33.4 Å². The van der Waals surface area contributed by atoms with E-state index < -0.39 is 0 Å². The van der Waals surface area contributed by atoms with Gasteiger partial charge in [0.1, 0.15) is 0 Å². The minimum Gasteiger partial charge on any atom is -0.466 e. The first-order chi connectivity index (χ1) is 7.70. The first kappa shape index (κ1) is 18.6. The highest BCUT2D eigenvalue weighted by molar-refractivity contribution is 5.85. The van der Waals surface area contributed by atoms with Crippen molar-refractivity contribution < 1.29 is 14.3 Å². The SMILES string of the molecule is CCOC(=O)CCCNC(=O)CCCNC.Cl. The second kappa shape index (κ2) is 13.3. The molecule has 0 radical (unpaired) electrons. The molecule has 0 atom stereocenters. The number of carbonyl (C=O) groups is 2. The molecule has 0 aliphatic rings. The molecule has 0 aliphatic carbocycles. The molecule has 0 aromatic heterocycles. The van der Waals surface area contributed by atoms with Gasteiger partial charge in [0, 0.05) is 19.4 Å². The average molecular weight is 267 g/mol. The van der Waals surface area contributed by atoms with Crippen molar-refractivity contribution in [2.45, 2.75) is 32.6 Å². The monoisotopic (exact) mass is 266 g/mol. The van der Waals surface area contributed by atoms with Gasteiger partial charge in [0.25, 0.3) is 0 Å².